The highest BCUT2D eigenvalue weighted by Gasteiger charge is 2.32. The highest BCUT2D eigenvalue weighted by atomic mass is 28.3. The largest absolute Gasteiger partial charge is 0.573 e. The summed E-state index contributed by atoms with van der Waals surface area (Å²) in [6, 6.07) is 10.7. The van der Waals surface area contributed by atoms with Gasteiger partial charge in [-0.15, -0.1) is 13.2 Å². The molecule has 0 amide bonds. The van der Waals surface area contributed by atoms with Crippen LogP contribution in [0.4, 0.5) is 17.6 Å². The normalized spacial score (nSPS) is 28.9. The van der Waals surface area contributed by atoms with Crippen molar-refractivity contribution in [3.05, 3.63) is 29.8 Å². The third-order valence-corrected chi connectivity index (χ3v) is 10.4. The standard InChI is InChI=1S/C22H32F4OSi/c23-13-1-2-14-28-15-11-20(12-16-28)18-5-3-17(4-6-18)19-7-9-21(10-8-19)27-22(24,25)26/h7-10,17-18,20,28H,1-6,11-16H2/t17?,18?,20-,28-. The van der Waals surface area contributed by atoms with Crippen LogP contribution in [0.25, 0.3) is 0 Å². The van der Waals surface area contributed by atoms with Gasteiger partial charge in [-0.1, -0.05) is 49.5 Å². The molecule has 0 atom stereocenters. The van der Waals surface area contributed by atoms with E-state index in [1.165, 1.54) is 55.9 Å². The van der Waals surface area contributed by atoms with Gasteiger partial charge >= 0.3 is 6.36 Å². The molecule has 0 bridgehead atoms. The first-order chi connectivity index (χ1) is 13.4. The van der Waals surface area contributed by atoms with Crippen LogP contribution < -0.4 is 4.74 Å². The highest BCUT2D eigenvalue weighted by molar-refractivity contribution is 6.58. The minimum absolute atomic E-state index is 0.141. The third-order valence-electron chi connectivity index (χ3n) is 6.91. The van der Waals surface area contributed by atoms with E-state index in [1.807, 2.05) is 0 Å². The second-order valence-electron chi connectivity index (χ2n) is 8.69. The number of halogens is 4. The zero-order valence-electron chi connectivity index (χ0n) is 16.5. The minimum atomic E-state index is -4.63. The van der Waals surface area contributed by atoms with Crippen molar-refractivity contribution in [3.8, 4) is 5.75 Å². The zero-order chi connectivity index (χ0) is 20.0. The molecule has 1 aliphatic carbocycles. The summed E-state index contributed by atoms with van der Waals surface area (Å²) in [6.45, 7) is -0.162. The van der Waals surface area contributed by atoms with E-state index >= 15 is 0 Å². The molecule has 1 heterocycles. The second-order valence-corrected chi connectivity index (χ2v) is 12.2. The van der Waals surface area contributed by atoms with Gasteiger partial charge in [-0.25, -0.2) is 0 Å². The third kappa shape index (κ3) is 6.50. The molecule has 158 valence electrons. The molecule has 0 N–H and O–H groups in total. The van der Waals surface area contributed by atoms with Gasteiger partial charge in [0.05, 0.1) is 6.67 Å². The Morgan fingerprint density at radius 2 is 1.46 bits per heavy atom. The molecule has 0 unspecified atom stereocenters. The van der Waals surface area contributed by atoms with Gasteiger partial charge in [-0.05, 0) is 67.6 Å². The molecule has 1 saturated heterocycles. The summed E-state index contributed by atoms with van der Waals surface area (Å²) in [6.07, 6.45) is 4.73. The van der Waals surface area contributed by atoms with Crippen molar-refractivity contribution >= 4 is 8.80 Å². The van der Waals surface area contributed by atoms with Crippen LogP contribution in [0.2, 0.25) is 18.1 Å². The van der Waals surface area contributed by atoms with E-state index in [4.69, 9.17) is 0 Å². The van der Waals surface area contributed by atoms with E-state index in [2.05, 4.69) is 4.74 Å². The molecule has 6 heteroatoms. The molecule has 3 rings (SSSR count). The van der Waals surface area contributed by atoms with E-state index < -0.39 is 15.2 Å². The van der Waals surface area contributed by atoms with Crippen molar-refractivity contribution in [2.24, 2.45) is 11.8 Å². The molecule has 2 fully saturated rings. The second kappa shape index (κ2) is 10.1. The van der Waals surface area contributed by atoms with Crippen LogP contribution in [0, 0.1) is 11.8 Å². The summed E-state index contributed by atoms with van der Waals surface area (Å²) >= 11 is 0. The van der Waals surface area contributed by atoms with Crippen LogP contribution in [-0.2, 0) is 0 Å². The van der Waals surface area contributed by atoms with Gasteiger partial charge < -0.3 is 4.74 Å². The molecule has 1 aromatic rings. The Balaban J connectivity index is 1.41. The smallest absolute Gasteiger partial charge is 0.406 e. The van der Waals surface area contributed by atoms with Crippen molar-refractivity contribution in [2.75, 3.05) is 6.67 Å². The molecule has 2 aliphatic rings. The van der Waals surface area contributed by atoms with Crippen LogP contribution in [0.5, 0.6) is 5.75 Å². The Bertz CT molecular complexity index is 573. The quantitative estimate of drug-likeness (QED) is 0.258. The van der Waals surface area contributed by atoms with Crippen LogP contribution >= 0.6 is 0 Å². The van der Waals surface area contributed by atoms with Gasteiger partial charge in [-0.3, -0.25) is 4.39 Å². The molecule has 1 aromatic carbocycles. The maximum Gasteiger partial charge on any atom is 0.573 e. The van der Waals surface area contributed by atoms with Crippen molar-refractivity contribution < 1.29 is 22.3 Å². The van der Waals surface area contributed by atoms with Crippen LogP contribution in [-0.4, -0.2) is 21.8 Å². The Labute approximate surface area is 167 Å². The van der Waals surface area contributed by atoms with Crippen molar-refractivity contribution in [1.29, 1.82) is 0 Å². The monoisotopic (exact) mass is 416 g/mol. The van der Waals surface area contributed by atoms with Crippen molar-refractivity contribution in [1.82, 2.24) is 0 Å². The lowest BCUT2D eigenvalue weighted by atomic mass is 9.72. The number of hydrogen-bond acceptors (Lipinski definition) is 1. The first kappa shape index (κ1) is 21.7. The summed E-state index contributed by atoms with van der Waals surface area (Å²) in [4.78, 5) is 0. The molecule has 0 radical (unpaired) electrons. The number of alkyl halides is 4. The first-order valence-corrected chi connectivity index (χ1v) is 13.3. The van der Waals surface area contributed by atoms with Gasteiger partial charge in [-0.2, -0.15) is 0 Å². The summed E-state index contributed by atoms with van der Waals surface area (Å²) in [5.74, 6) is 2.01. The SMILES string of the molecule is FCCCC[Si@H]1CC[C@H](C2CCC(c3ccc(OC(F)(F)F)cc3)CC2)CC1. The Kier molecular flexibility index (Phi) is 7.83. The van der Waals surface area contributed by atoms with Gasteiger partial charge in [0.25, 0.3) is 0 Å². The molecule has 1 saturated carbocycles. The van der Waals surface area contributed by atoms with Gasteiger partial charge in [0, 0.05) is 8.80 Å². The van der Waals surface area contributed by atoms with Gasteiger partial charge in [0.2, 0.25) is 0 Å². The van der Waals surface area contributed by atoms with E-state index in [0.717, 1.165) is 43.1 Å². The highest BCUT2D eigenvalue weighted by Crippen LogP contribution is 2.43. The topological polar surface area (TPSA) is 9.23 Å². The maximum atomic E-state index is 12.3. The molecule has 0 spiro atoms. The number of rotatable bonds is 7. The summed E-state index contributed by atoms with van der Waals surface area (Å²) in [5.41, 5.74) is 1.14. The number of benzene rings is 1. The van der Waals surface area contributed by atoms with Crippen LogP contribution in [0.3, 0.4) is 0 Å². The molecule has 1 aliphatic heterocycles. The predicted molar refractivity (Wildman–Crippen MR) is 107 cm³/mol. The maximum absolute atomic E-state index is 12.3. The summed E-state index contributed by atoms with van der Waals surface area (Å²) < 4.78 is 53.1. The Hall–Kier alpha value is -1.04. The van der Waals surface area contributed by atoms with Crippen LogP contribution in [0.15, 0.2) is 24.3 Å². The molecule has 1 nitrogen and oxygen atoms in total. The average Bonchev–Trinajstić information content (AvgIpc) is 2.68. The van der Waals surface area contributed by atoms with E-state index in [-0.39, 0.29) is 12.4 Å². The molecular formula is C22H32F4OSi. The fraction of sp³-hybridized carbons (Fsp3) is 0.727. The van der Waals surface area contributed by atoms with Gasteiger partial charge in [0.15, 0.2) is 0 Å². The number of hydrogen-bond donors (Lipinski definition) is 0. The van der Waals surface area contributed by atoms with E-state index in [9.17, 15) is 17.6 Å². The fourth-order valence-corrected chi connectivity index (χ4v) is 8.87. The number of unbranched alkanes of at least 4 members (excludes halogenated alkanes) is 1. The molecular weight excluding hydrogens is 384 g/mol. The zero-order valence-corrected chi connectivity index (χ0v) is 17.7. The van der Waals surface area contributed by atoms with Crippen molar-refractivity contribution in [2.45, 2.75) is 81.8 Å². The van der Waals surface area contributed by atoms with E-state index in [1.54, 1.807) is 12.1 Å². The van der Waals surface area contributed by atoms with E-state index in [0.29, 0.717) is 5.92 Å². The lowest BCUT2D eigenvalue weighted by Crippen LogP contribution is -2.28. The first-order valence-electron chi connectivity index (χ1n) is 10.9. The van der Waals surface area contributed by atoms with Gasteiger partial charge in [0.1, 0.15) is 5.75 Å². The summed E-state index contributed by atoms with van der Waals surface area (Å²) in [5, 5.41) is 0. The lowest BCUT2D eigenvalue weighted by Gasteiger charge is -2.37. The Morgan fingerprint density at radius 3 is 2.04 bits per heavy atom. The predicted octanol–water partition coefficient (Wildman–Crippen LogP) is 7.25. The lowest BCUT2D eigenvalue weighted by molar-refractivity contribution is -0.274. The molecule has 0 aromatic heterocycles. The average molecular weight is 417 g/mol. The van der Waals surface area contributed by atoms with Crippen LogP contribution in [0.1, 0.15) is 62.8 Å². The minimum Gasteiger partial charge on any atom is -0.406 e. The Morgan fingerprint density at radius 1 is 0.857 bits per heavy atom. The van der Waals surface area contributed by atoms with Crippen molar-refractivity contribution in [3.63, 3.8) is 0 Å². The fourth-order valence-electron chi connectivity index (χ4n) is 5.34. The summed E-state index contributed by atoms with van der Waals surface area (Å²) in [7, 11) is -0.591. The number of ether oxygens (including phenoxy) is 1. The molecule has 28 heavy (non-hydrogen) atoms.